The lowest BCUT2D eigenvalue weighted by Gasteiger charge is -2.34. The molecule has 140 valence electrons. The minimum absolute atomic E-state index is 0.00227. The van der Waals surface area contributed by atoms with E-state index >= 15 is 0 Å². The molecule has 1 saturated heterocycles. The first-order chi connectivity index (χ1) is 12.0. The molecule has 0 unspecified atom stereocenters. The highest BCUT2D eigenvalue weighted by Gasteiger charge is 2.21. The van der Waals surface area contributed by atoms with Crippen molar-refractivity contribution in [2.75, 3.05) is 39.3 Å². The van der Waals surface area contributed by atoms with Gasteiger partial charge in [0.25, 0.3) is 10.2 Å². The summed E-state index contributed by atoms with van der Waals surface area (Å²) in [6.07, 6.45) is 0.915. The van der Waals surface area contributed by atoms with Gasteiger partial charge in [-0.05, 0) is 12.0 Å². The van der Waals surface area contributed by atoms with Crippen LogP contribution in [0.4, 0.5) is 0 Å². The number of rotatable bonds is 9. The summed E-state index contributed by atoms with van der Waals surface area (Å²) >= 11 is 0. The van der Waals surface area contributed by atoms with Crippen molar-refractivity contribution < 1.29 is 13.2 Å². The van der Waals surface area contributed by atoms with Gasteiger partial charge in [-0.15, -0.1) is 0 Å². The van der Waals surface area contributed by atoms with Crippen LogP contribution in [-0.2, 0) is 21.5 Å². The molecule has 0 spiro atoms. The second-order valence-corrected chi connectivity index (χ2v) is 7.77. The van der Waals surface area contributed by atoms with Gasteiger partial charge in [-0.25, -0.2) is 9.44 Å². The normalized spacial score (nSPS) is 16.1. The van der Waals surface area contributed by atoms with Gasteiger partial charge in [-0.1, -0.05) is 37.3 Å². The smallest absolute Gasteiger partial charge is 0.276 e. The van der Waals surface area contributed by atoms with Crippen molar-refractivity contribution in [3.05, 3.63) is 35.9 Å². The van der Waals surface area contributed by atoms with E-state index in [9.17, 15) is 13.2 Å². The standard InChI is InChI=1S/C17H28N4O3S/c1-2-9-18-25(23,24)19-10-8-17(22)21-13-11-20(12-14-21)15-16-6-4-3-5-7-16/h3-7,18-19H,2,8-15H2,1H3. The predicted molar refractivity (Wildman–Crippen MR) is 98.1 cm³/mol. The van der Waals surface area contributed by atoms with Crippen LogP contribution in [0.15, 0.2) is 30.3 Å². The fourth-order valence-corrected chi connectivity index (χ4v) is 3.68. The van der Waals surface area contributed by atoms with Gasteiger partial charge in [0.05, 0.1) is 0 Å². The summed E-state index contributed by atoms with van der Waals surface area (Å²) in [6.45, 7) is 6.36. The van der Waals surface area contributed by atoms with Gasteiger partial charge in [-0.3, -0.25) is 9.69 Å². The van der Waals surface area contributed by atoms with Crippen LogP contribution in [0.2, 0.25) is 0 Å². The zero-order chi connectivity index (χ0) is 18.1. The minimum Gasteiger partial charge on any atom is -0.340 e. The Bertz CT molecular complexity index is 629. The van der Waals surface area contributed by atoms with E-state index in [1.54, 1.807) is 0 Å². The molecule has 1 aliphatic heterocycles. The van der Waals surface area contributed by atoms with E-state index in [4.69, 9.17) is 0 Å². The van der Waals surface area contributed by atoms with Crippen LogP contribution in [0.5, 0.6) is 0 Å². The number of nitrogens with zero attached hydrogens (tertiary/aromatic N) is 2. The number of carbonyl (C=O) groups excluding carboxylic acids is 1. The van der Waals surface area contributed by atoms with E-state index in [-0.39, 0.29) is 18.9 Å². The summed E-state index contributed by atoms with van der Waals surface area (Å²) in [4.78, 5) is 16.4. The van der Waals surface area contributed by atoms with Gasteiger partial charge >= 0.3 is 0 Å². The van der Waals surface area contributed by atoms with E-state index in [1.165, 1.54) is 5.56 Å². The first-order valence-electron chi connectivity index (χ1n) is 8.78. The van der Waals surface area contributed by atoms with Crippen LogP contribution in [0.25, 0.3) is 0 Å². The molecule has 25 heavy (non-hydrogen) atoms. The number of hydrogen-bond acceptors (Lipinski definition) is 4. The molecule has 0 aliphatic carbocycles. The van der Waals surface area contributed by atoms with Crippen molar-refractivity contribution in [3.63, 3.8) is 0 Å². The number of hydrogen-bond donors (Lipinski definition) is 2. The van der Waals surface area contributed by atoms with Crippen molar-refractivity contribution in [1.29, 1.82) is 0 Å². The monoisotopic (exact) mass is 368 g/mol. The van der Waals surface area contributed by atoms with E-state index in [0.717, 1.165) is 26.1 Å². The second kappa shape index (κ2) is 9.86. The molecular formula is C17H28N4O3S. The molecule has 2 rings (SSSR count). The Morgan fingerprint density at radius 1 is 1.04 bits per heavy atom. The van der Waals surface area contributed by atoms with Crippen LogP contribution in [0.1, 0.15) is 25.3 Å². The third-order valence-corrected chi connectivity index (χ3v) is 5.32. The number of carbonyl (C=O) groups is 1. The van der Waals surface area contributed by atoms with Crippen LogP contribution in [0, 0.1) is 0 Å². The predicted octanol–water partition coefficient (Wildman–Crippen LogP) is 0.555. The molecule has 0 aromatic heterocycles. The first kappa shape index (κ1) is 19.8. The molecule has 8 heteroatoms. The quantitative estimate of drug-likeness (QED) is 0.667. The average molecular weight is 369 g/mol. The molecule has 1 amide bonds. The Balaban J connectivity index is 1.67. The summed E-state index contributed by atoms with van der Waals surface area (Å²) in [5, 5.41) is 0. The molecular weight excluding hydrogens is 340 g/mol. The molecule has 1 aromatic carbocycles. The SMILES string of the molecule is CCCNS(=O)(=O)NCCC(=O)N1CCN(Cc2ccccc2)CC1. The largest absolute Gasteiger partial charge is 0.340 e. The lowest BCUT2D eigenvalue weighted by Crippen LogP contribution is -2.49. The van der Waals surface area contributed by atoms with Crippen molar-refractivity contribution in [1.82, 2.24) is 19.2 Å². The molecule has 0 bridgehead atoms. The Kier molecular flexibility index (Phi) is 7.83. The molecule has 1 fully saturated rings. The molecule has 1 aromatic rings. The van der Waals surface area contributed by atoms with Crippen LogP contribution < -0.4 is 9.44 Å². The maximum atomic E-state index is 12.2. The van der Waals surface area contributed by atoms with E-state index in [1.807, 2.05) is 30.0 Å². The molecule has 1 aliphatic rings. The van der Waals surface area contributed by atoms with Crippen molar-refractivity contribution in [2.45, 2.75) is 26.3 Å². The summed E-state index contributed by atoms with van der Waals surface area (Å²) in [7, 11) is -3.49. The summed E-state index contributed by atoms with van der Waals surface area (Å²) < 4.78 is 28.0. The maximum Gasteiger partial charge on any atom is 0.276 e. The van der Waals surface area contributed by atoms with E-state index in [0.29, 0.717) is 19.6 Å². The Hall–Kier alpha value is -1.48. The summed E-state index contributed by atoms with van der Waals surface area (Å²) in [5.74, 6) is -0.00227. The lowest BCUT2D eigenvalue weighted by molar-refractivity contribution is -0.132. The van der Waals surface area contributed by atoms with Gasteiger partial charge in [0.1, 0.15) is 0 Å². The number of amides is 1. The van der Waals surface area contributed by atoms with Crippen LogP contribution in [0.3, 0.4) is 0 Å². The van der Waals surface area contributed by atoms with Gasteiger partial charge in [0.15, 0.2) is 0 Å². The zero-order valence-electron chi connectivity index (χ0n) is 14.8. The fraction of sp³-hybridized carbons (Fsp3) is 0.588. The first-order valence-corrected chi connectivity index (χ1v) is 10.3. The molecule has 7 nitrogen and oxygen atoms in total. The number of benzene rings is 1. The summed E-state index contributed by atoms with van der Waals surface area (Å²) in [5.41, 5.74) is 1.27. The fourth-order valence-electron chi connectivity index (χ4n) is 2.73. The third-order valence-electron chi connectivity index (χ3n) is 4.15. The zero-order valence-corrected chi connectivity index (χ0v) is 15.6. The van der Waals surface area contributed by atoms with Gasteiger partial charge < -0.3 is 4.90 Å². The Morgan fingerprint density at radius 2 is 1.68 bits per heavy atom. The van der Waals surface area contributed by atoms with E-state index in [2.05, 4.69) is 26.5 Å². The molecule has 0 atom stereocenters. The maximum absolute atomic E-state index is 12.2. The van der Waals surface area contributed by atoms with Crippen molar-refractivity contribution in [2.24, 2.45) is 0 Å². The number of nitrogens with one attached hydrogen (secondary N) is 2. The molecule has 2 N–H and O–H groups in total. The summed E-state index contributed by atoms with van der Waals surface area (Å²) in [6, 6.07) is 10.3. The van der Waals surface area contributed by atoms with Crippen molar-refractivity contribution >= 4 is 16.1 Å². The van der Waals surface area contributed by atoms with Gasteiger partial charge in [-0.2, -0.15) is 8.42 Å². The highest BCUT2D eigenvalue weighted by Crippen LogP contribution is 2.09. The molecule has 0 radical (unpaired) electrons. The van der Waals surface area contributed by atoms with Gasteiger partial charge in [0.2, 0.25) is 5.91 Å². The lowest BCUT2D eigenvalue weighted by atomic mass is 10.2. The van der Waals surface area contributed by atoms with Crippen LogP contribution >= 0.6 is 0 Å². The Morgan fingerprint density at radius 3 is 2.32 bits per heavy atom. The van der Waals surface area contributed by atoms with E-state index < -0.39 is 10.2 Å². The highest BCUT2D eigenvalue weighted by atomic mass is 32.2. The van der Waals surface area contributed by atoms with Gasteiger partial charge in [0, 0.05) is 52.2 Å². The number of piperazine rings is 1. The van der Waals surface area contributed by atoms with Crippen LogP contribution in [-0.4, -0.2) is 63.4 Å². The molecule has 1 heterocycles. The third kappa shape index (κ3) is 7.11. The second-order valence-electron chi connectivity index (χ2n) is 6.18. The topological polar surface area (TPSA) is 81.8 Å². The highest BCUT2D eigenvalue weighted by molar-refractivity contribution is 7.87. The minimum atomic E-state index is -3.49. The van der Waals surface area contributed by atoms with Crippen molar-refractivity contribution in [3.8, 4) is 0 Å². The average Bonchev–Trinajstić information content (AvgIpc) is 2.61. The Labute approximate surface area is 150 Å². The molecule has 0 saturated carbocycles.